The van der Waals surface area contributed by atoms with E-state index in [0.717, 1.165) is 23.6 Å². The molecule has 0 radical (unpaired) electrons. The van der Waals surface area contributed by atoms with Crippen molar-refractivity contribution in [3.8, 4) is 0 Å². The van der Waals surface area contributed by atoms with Gasteiger partial charge in [-0.05, 0) is 158 Å². The average molecular weight is 1840 g/mol. The van der Waals surface area contributed by atoms with E-state index < -0.39 is 207 Å². The van der Waals surface area contributed by atoms with Crippen LogP contribution in [0, 0.1) is 21.4 Å². The zero-order chi connectivity index (χ0) is 62.5. The van der Waals surface area contributed by atoms with E-state index in [-0.39, 0.29) is 47.9 Å². The summed E-state index contributed by atoms with van der Waals surface area (Å²) in [7, 11) is 0. The number of nitrogens with one attached hydrogen (secondary N) is 6. The molecule has 19 N–H and O–H groups in total. The average Bonchev–Trinajstić information content (AvgIpc) is 3.26. The van der Waals surface area contributed by atoms with E-state index in [1.165, 1.54) is 0 Å². The SMILES string of the molecule is CC(=O)N(CC(=O)NCC(O)CNC(=O)CN(C(C)=O)c1c(I)c(CC(=O)NC(CO)C(O)CO)c(I)c(CC(=O)NC(CO)C(O)CO)c1I)c1c(I)c(CC(=O)NC(CO)C(O)CO)c(I)c(CC(=O)NC(CO)C(O)CO)c1I. The monoisotopic (exact) mass is 1840 g/mol. The molecule has 2 aromatic carbocycles. The van der Waals surface area contributed by atoms with Crippen molar-refractivity contribution in [2.45, 2.75) is 94.2 Å². The molecule has 2 rings (SSSR count). The molecule has 0 aromatic heterocycles. The minimum atomic E-state index is -1.54. The van der Waals surface area contributed by atoms with Crippen molar-refractivity contribution in [3.05, 3.63) is 43.7 Å². The third-order valence-electron chi connectivity index (χ3n) is 12.1. The maximum absolute atomic E-state index is 13.6. The number of nitrogens with zero attached hydrogens (tertiary/aromatic N) is 2. The number of rotatable bonds is 34. The normalized spacial score (nSPS) is 14.6. The highest BCUT2D eigenvalue weighted by atomic mass is 127. The number of hydrogen-bond acceptors (Lipinski definition) is 21. The first-order valence-corrected chi connectivity index (χ1v) is 30.9. The second-order valence-electron chi connectivity index (χ2n) is 18.1. The highest BCUT2D eigenvalue weighted by Gasteiger charge is 2.33. The number of carbonyl (C=O) groups excluding carboxylic acids is 8. The molecule has 0 fully saturated rings. The molecule has 462 valence electrons. The number of anilines is 2. The topological polar surface area (TPSA) is 478 Å². The first-order chi connectivity index (χ1) is 38.5. The summed E-state index contributed by atoms with van der Waals surface area (Å²) in [5.41, 5.74) is 1.02. The third kappa shape index (κ3) is 22.3. The smallest absolute Gasteiger partial charge is 0.240 e. The Bertz CT molecular complexity index is 2290. The molecule has 29 nitrogen and oxygen atoms in total. The first kappa shape index (κ1) is 76.2. The first-order valence-electron chi connectivity index (χ1n) is 24.4. The highest BCUT2D eigenvalue weighted by molar-refractivity contribution is 14.1. The molecule has 0 aliphatic carbocycles. The van der Waals surface area contributed by atoms with Crippen LogP contribution in [0.5, 0.6) is 0 Å². The predicted octanol–water partition coefficient (Wildman–Crippen LogP) is -6.20. The number of aliphatic hydroxyl groups excluding tert-OH is 13. The molecule has 0 spiro atoms. The second kappa shape index (κ2) is 37.7. The van der Waals surface area contributed by atoms with Gasteiger partial charge in [-0.15, -0.1) is 0 Å². The lowest BCUT2D eigenvalue weighted by Gasteiger charge is -2.28. The Morgan fingerprint density at radius 3 is 0.768 bits per heavy atom. The molecular formula is C47H66I6N8O21. The molecular weight excluding hydrogens is 1770 g/mol. The Morgan fingerprint density at radius 2 is 0.585 bits per heavy atom. The largest absolute Gasteiger partial charge is 0.394 e. The van der Waals surface area contributed by atoms with E-state index in [4.69, 9.17) is 0 Å². The molecule has 0 aliphatic heterocycles. The summed E-state index contributed by atoms with van der Waals surface area (Å²) in [6.45, 7) is -6.39. The number of halogens is 6. The van der Waals surface area contributed by atoms with Crippen molar-refractivity contribution in [1.82, 2.24) is 31.9 Å². The summed E-state index contributed by atoms with van der Waals surface area (Å²) in [4.78, 5) is 110. The van der Waals surface area contributed by atoms with Crippen LogP contribution < -0.4 is 41.7 Å². The maximum Gasteiger partial charge on any atom is 0.240 e. The van der Waals surface area contributed by atoms with Crippen LogP contribution in [0.2, 0.25) is 0 Å². The molecule has 8 amide bonds. The quantitative estimate of drug-likeness (QED) is 0.0290. The molecule has 0 saturated heterocycles. The maximum atomic E-state index is 13.6. The fourth-order valence-corrected chi connectivity index (χ4v) is 16.5. The lowest BCUT2D eigenvalue weighted by atomic mass is 10.0. The van der Waals surface area contributed by atoms with Crippen LogP contribution in [0.3, 0.4) is 0 Å². The summed E-state index contributed by atoms with van der Waals surface area (Å²) >= 11 is 11.1. The van der Waals surface area contributed by atoms with E-state index in [0.29, 0.717) is 7.14 Å². The molecule has 8 atom stereocenters. The van der Waals surface area contributed by atoms with Gasteiger partial charge in [0.25, 0.3) is 0 Å². The van der Waals surface area contributed by atoms with Crippen molar-refractivity contribution >= 4 is 194 Å². The number of carbonyl (C=O) groups is 8. The summed E-state index contributed by atoms with van der Waals surface area (Å²) in [5, 5.41) is 143. The van der Waals surface area contributed by atoms with Crippen molar-refractivity contribution in [1.29, 1.82) is 0 Å². The highest BCUT2D eigenvalue weighted by Crippen LogP contribution is 2.40. The number of aliphatic hydroxyl groups is 13. The van der Waals surface area contributed by atoms with Gasteiger partial charge in [0.1, 0.15) is 13.1 Å². The van der Waals surface area contributed by atoms with Gasteiger partial charge in [-0.2, -0.15) is 0 Å². The Hall–Kier alpha value is -1.94. The molecule has 82 heavy (non-hydrogen) atoms. The van der Waals surface area contributed by atoms with Gasteiger partial charge in [0, 0.05) is 48.4 Å². The van der Waals surface area contributed by atoms with Crippen LogP contribution >= 0.6 is 136 Å². The summed E-state index contributed by atoms with van der Waals surface area (Å²) in [5.74, 6) is -6.14. The Labute approximate surface area is 551 Å². The Balaban J connectivity index is 2.50. The molecule has 2 aromatic rings. The van der Waals surface area contributed by atoms with Crippen LogP contribution in [0.25, 0.3) is 0 Å². The third-order valence-corrected chi connectivity index (χ3v) is 19.3. The fourth-order valence-electron chi connectivity index (χ4n) is 7.48. The van der Waals surface area contributed by atoms with Gasteiger partial charge >= 0.3 is 0 Å². The number of benzene rings is 2. The van der Waals surface area contributed by atoms with Gasteiger partial charge in [-0.1, -0.05) is 0 Å². The van der Waals surface area contributed by atoms with Crippen LogP contribution in [-0.2, 0) is 64.0 Å². The second-order valence-corrected chi connectivity index (χ2v) is 24.6. The van der Waals surface area contributed by atoms with Gasteiger partial charge in [0.05, 0.1) is 145 Å². The Kier molecular flexibility index (Phi) is 35.0. The lowest BCUT2D eigenvalue weighted by Crippen LogP contribution is -2.48. The van der Waals surface area contributed by atoms with Crippen molar-refractivity contribution in [3.63, 3.8) is 0 Å². The van der Waals surface area contributed by atoms with Gasteiger partial charge < -0.3 is 108 Å². The van der Waals surface area contributed by atoms with Crippen molar-refractivity contribution < 1.29 is 105 Å². The van der Waals surface area contributed by atoms with Gasteiger partial charge in [-0.25, -0.2) is 0 Å². The zero-order valence-electron chi connectivity index (χ0n) is 43.8. The van der Waals surface area contributed by atoms with Crippen molar-refractivity contribution in [2.24, 2.45) is 0 Å². The minimum absolute atomic E-state index is 0.0607. The van der Waals surface area contributed by atoms with E-state index in [2.05, 4.69) is 31.9 Å². The Morgan fingerprint density at radius 1 is 0.366 bits per heavy atom. The number of amides is 8. The molecule has 35 heteroatoms. The fraction of sp³-hybridized carbons (Fsp3) is 0.574. The van der Waals surface area contributed by atoms with Crippen LogP contribution in [0.15, 0.2) is 0 Å². The molecule has 0 bridgehead atoms. The van der Waals surface area contributed by atoms with E-state index >= 15 is 0 Å². The van der Waals surface area contributed by atoms with E-state index in [9.17, 15) is 105 Å². The van der Waals surface area contributed by atoms with Gasteiger partial charge in [-0.3, -0.25) is 38.4 Å². The molecule has 0 heterocycles. The zero-order valence-corrected chi connectivity index (χ0v) is 56.7. The number of hydrogen-bond donors (Lipinski definition) is 19. The van der Waals surface area contributed by atoms with Crippen LogP contribution in [0.4, 0.5) is 11.4 Å². The summed E-state index contributed by atoms with van der Waals surface area (Å²) < 4.78 is 1.66. The van der Waals surface area contributed by atoms with Crippen LogP contribution in [-0.4, -0.2) is 247 Å². The lowest BCUT2D eigenvalue weighted by molar-refractivity contribution is -0.124. The van der Waals surface area contributed by atoms with Gasteiger partial charge in [0.15, 0.2) is 0 Å². The molecule has 0 saturated carbocycles. The minimum Gasteiger partial charge on any atom is -0.394 e. The van der Waals surface area contributed by atoms with Crippen LogP contribution in [0.1, 0.15) is 36.1 Å². The van der Waals surface area contributed by atoms with E-state index in [1.807, 2.05) is 136 Å². The molecule has 8 unspecified atom stereocenters. The summed E-state index contributed by atoms with van der Waals surface area (Å²) in [6, 6.07) is -5.13. The molecule has 0 aliphatic rings. The predicted molar refractivity (Wildman–Crippen MR) is 341 cm³/mol. The standard InChI is InChI=1S/C47H66I6N8O21/c1-19(70)60(46-42(50)22(3-34(77)56-26(11-62)30(73)15-66)40(48)23(43(46)51)4-35(78)57-27(12-63)31(74)16-67)9-38(81)54-7-21(72)8-55-39(82)10-61(20(2)71)47-44(52)24(5-36(79)58-28(13-64)32(75)17-68)41(49)25(45(47)53)6-37(80)59-29(14-65)33(76)18-69/h21,26-33,62-69,72-76H,3-18H2,1-2H3,(H,54,81)(H,55,82)(H,56,77)(H,57,78)(H,58,79)(H,59,80). The summed E-state index contributed by atoms with van der Waals surface area (Å²) in [6.07, 6.45) is -9.56. The van der Waals surface area contributed by atoms with Gasteiger partial charge in [0.2, 0.25) is 47.3 Å². The van der Waals surface area contributed by atoms with Crippen molar-refractivity contribution in [2.75, 3.05) is 88.8 Å². The van der Waals surface area contributed by atoms with E-state index in [1.54, 1.807) is 0 Å².